The van der Waals surface area contributed by atoms with Crippen molar-refractivity contribution < 1.29 is 31.1 Å². The lowest BCUT2D eigenvalue weighted by atomic mass is 9.75. The van der Waals surface area contributed by atoms with E-state index in [9.17, 15) is 26.4 Å². The lowest BCUT2D eigenvalue weighted by Crippen LogP contribution is -2.55. The molecule has 0 unspecified atom stereocenters. The predicted molar refractivity (Wildman–Crippen MR) is 140 cm³/mol. The number of carbonyl (C=O) groups is 1. The minimum atomic E-state index is -4.83. The molecule has 1 spiro atoms. The molecule has 0 bridgehead atoms. The molecule has 5 rings (SSSR count). The first kappa shape index (κ1) is 27.3. The molecule has 2 aliphatic heterocycles. The molecule has 0 N–H and O–H groups in total. The SMILES string of the molecule is CS(=O)(=O)N1CCC(Oc2ccc(N3C(=S)N(c4cnc(C#N)c(C(F)(F)F)c4)C(=O)C34CCC4)cc2)CC1. The average molecular weight is 580 g/mol. The van der Waals surface area contributed by atoms with Gasteiger partial charge >= 0.3 is 6.18 Å². The molecule has 1 aromatic carbocycles. The molecule has 0 radical (unpaired) electrons. The lowest BCUT2D eigenvalue weighted by molar-refractivity contribution is -0.138. The fraction of sp³-hybridized carbons (Fsp3) is 0.440. The van der Waals surface area contributed by atoms with Crippen LogP contribution < -0.4 is 14.5 Å². The summed E-state index contributed by atoms with van der Waals surface area (Å²) in [5.41, 5.74) is -2.58. The number of amides is 1. The van der Waals surface area contributed by atoms with Gasteiger partial charge in [-0.3, -0.25) is 9.69 Å². The Morgan fingerprint density at radius 3 is 2.31 bits per heavy atom. The Labute approximate surface area is 228 Å². The number of aromatic nitrogens is 1. The molecule has 206 valence electrons. The standard InChI is InChI=1S/C25H24F3N5O4S2/c1-39(35,36)31-11-7-19(8-12-31)37-18-5-3-16(4-6-18)33-23(38)32(22(34)24(33)9-2-10-24)17-13-20(25(26,27)28)21(14-29)30-15-17/h3-6,13,15,19H,2,7-12H2,1H3. The Morgan fingerprint density at radius 1 is 1.15 bits per heavy atom. The van der Waals surface area contributed by atoms with Gasteiger partial charge in [0.15, 0.2) is 10.8 Å². The van der Waals surface area contributed by atoms with E-state index in [2.05, 4.69) is 4.98 Å². The highest BCUT2D eigenvalue weighted by Crippen LogP contribution is 2.48. The van der Waals surface area contributed by atoms with Gasteiger partial charge < -0.3 is 9.64 Å². The number of benzene rings is 1. The number of rotatable bonds is 5. The number of anilines is 2. The first-order valence-corrected chi connectivity index (χ1v) is 14.5. The molecule has 3 aliphatic rings. The number of hydrogen-bond donors (Lipinski definition) is 0. The Morgan fingerprint density at radius 2 is 1.79 bits per heavy atom. The normalized spacial score (nSPS) is 20.3. The van der Waals surface area contributed by atoms with Gasteiger partial charge in [0.1, 0.15) is 23.5 Å². The number of nitriles is 1. The van der Waals surface area contributed by atoms with Crippen LogP contribution in [0.3, 0.4) is 0 Å². The van der Waals surface area contributed by atoms with Gasteiger partial charge in [0.05, 0.1) is 23.7 Å². The van der Waals surface area contributed by atoms with E-state index < -0.39 is 38.9 Å². The van der Waals surface area contributed by atoms with Crippen LogP contribution in [0.5, 0.6) is 5.75 Å². The van der Waals surface area contributed by atoms with Crippen LogP contribution in [0.2, 0.25) is 0 Å². The van der Waals surface area contributed by atoms with Crippen LogP contribution >= 0.6 is 12.2 Å². The van der Waals surface area contributed by atoms with E-state index in [0.29, 0.717) is 50.2 Å². The van der Waals surface area contributed by atoms with Gasteiger partial charge in [-0.1, -0.05) is 0 Å². The summed E-state index contributed by atoms with van der Waals surface area (Å²) in [5.74, 6) is 0.134. The van der Waals surface area contributed by atoms with E-state index in [1.54, 1.807) is 29.2 Å². The first-order chi connectivity index (χ1) is 18.3. The van der Waals surface area contributed by atoms with Crippen LogP contribution in [0.25, 0.3) is 0 Å². The fourth-order valence-electron chi connectivity index (χ4n) is 5.24. The number of alkyl halides is 3. The van der Waals surface area contributed by atoms with Gasteiger partial charge in [-0.25, -0.2) is 17.7 Å². The third-order valence-corrected chi connectivity index (χ3v) is 9.07. The quantitative estimate of drug-likeness (QED) is 0.492. The smallest absolute Gasteiger partial charge is 0.419 e. The number of halogens is 3. The molecular weight excluding hydrogens is 555 g/mol. The Kier molecular flexibility index (Phi) is 6.80. The van der Waals surface area contributed by atoms with Crippen molar-refractivity contribution in [3.05, 3.63) is 47.8 Å². The molecular formula is C25H24F3N5O4S2. The summed E-state index contributed by atoms with van der Waals surface area (Å²) in [6, 6.07) is 9.11. The summed E-state index contributed by atoms with van der Waals surface area (Å²) >= 11 is 5.63. The zero-order valence-electron chi connectivity index (χ0n) is 20.8. The molecule has 1 aliphatic carbocycles. The molecule has 3 heterocycles. The highest BCUT2D eigenvalue weighted by molar-refractivity contribution is 7.88. The number of ether oxygens (including phenoxy) is 1. The maximum absolute atomic E-state index is 13.6. The second-order valence-corrected chi connectivity index (χ2v) is 12.2. The number of thiocarbonyl (C=S) groups is 1. The number of sulfonamides is 1. The molecule has 14 heteroatoms. The molecule has 2 saturated heterocycles. The molecule has 39 heavy (non-hydrogen) atoms. The van der Waals surface area contributed by atoms with Crippen molar-refractivity contribution in [3.8, 4) is 11.8 Å². The summed E-state index contributed by atoms with van der Waals surface area (Å²) in [4.78, 5) is 20.0. The van der Waals surface area contributed by atoms with E-state index in [-0.39, 0.29) is 16.9 Å². The number of carbonyl (C=O) groups excluding carboxylic acids is 1. The zero-order chi connectivity index (χ0) is 28.2. The van der Waals surface area contributed by atoms with Crippen molar-refractivity contribution in [2.75, 3.05) is 29.1 Å². The maximum atomic E-state index is 13.6. The first-order valence-electron chi connectivity index (χ1n) is 12.2. The van der Waals surface area contributed by atoms with Crippen LogP contribution in [-0.4, -0.2) is 59.7 Å². The number of nitrogens with zero attached hydrogens (tertiary/aromatic N) is 5. The summed E-state index contributed by atoms with van der Waals surface area (Å²) in [5, 5.41) is 9.10. The van der Waals surface area contributed by atoms with Gasteiger partial charge in [0, 0.05) is 18.8 Å². The van der Waals surface area contributed by atoms with E-state index in [1.165, 1.54) is 16.6 Å². The largest absolute Gasteiger partial charge is 0.490 e. The topological polar surface area (TPSA) is 107 Å². The second kappa shape index (κ2) is 9.72. The van der Waals surface area contributed by atoms with Crippen LogP contribution in [-0.2, 0) is 21.0 Å². The number of hydrogen-bond acceptors (Lipinski definition) is 7. The van der Waals surface area contributed by atoms with Crippen LogP contribution in [0.4, 0.5) is 24.5 Å². The van der Waals surface area contributed by atoms with Crippen molar-refractivity contribution in [1.29, 1.82) is 5.26 Å². The Bertz CT molecular complexity index is 1460. The number of piperidine rings is 1. The molecule has 1 amide bonds. The van der Waals surface area contributed by atoms with Gasteiger partial charge in [0.25, 0.3) is 5.91 Å². The summed E-state index contributed by atoms with van der Waals surface area (Å²) in [6.07, 6.45) is 0.0823. The van der Waals surface area contributed by atoms with Gasteiger partial charge in [-0.15, -0.1) is 0 Å². The predicted octanol–water partition coefficient (Wildman–Crippen LogP) is 3.84. The number of pyridine rings is 1. The molecule has 1 saturated carbocycles. The third-order valence-electron chi connectivity index (χ3n) is 7.40. The molecule has 0 atom stereocenters. The lowest BCUT2D eigenvalue weighted by Gasteiger charge is -2.43. The second-order valence-electron chi connectivity index (χ2n) is 9.82. The molecule has 9 nitrogen and oxygen atoms in total. The highest BCUT2D eigenvalue weighted by atomic mass is 32.2. The van der Waals surface area contributed by atoms with E-state index in [4.69, 9.17) is 22.2 Å². The van der Waals surface area contributed by atoms with E-state index >= 15 is 0 Å². The van der Waals surface area contributed by atoms with Gasteiger partial charge in [-0.2, -0.15) is 18.4 Å². The minimum Gasteiger partial charge on any atom is -0.490 e. The van der Waals surface area contributed by atoms with E-state index in [1.807, 2.05) is 0 Å². The van der Waals surface area contributed by atoms with Crippen LogP contribution in [0, 0.1) is 11.3 Å². The van der Waals surface area contributed by atoms with Gasteiger partial charge in [-0.05, 0) is 74.7 Å². The Hall–Kier alpha value is -3.28. The van der Waals surface area contributed by atoms with Crippen LogP contribution in [0.15, 0.2) is 36.5 Å². The summed E-state index contributed by atoms with van der Waals surface area (Å²) in [6.45, 7) is 0.759. The highest BCUT2D eigenvalue weighted by Gasteiger charge is 2.59. The molecule has 1 aromatic heterocycles. The minimum absolute atomic E-state index is 0.0288. The average Bonchev–Trinajstić information content (AvgIpc) is 3.10. The van der Waals surface area contributed by atoms with Crippen molar-refractivity contribution in [2.45, 2.75) is 49.9 Å². The van der Waals surface area contributed by atoms with Crippen molar-refractivity contribution >= 4 is 44.6 Å². The van der Waals surface area contributed by atoms with Crippen molar-refractivity contribution in [1.82, 2.24) is 9.29 Å². The summed E-state index contributed by atoms with van der Waals surface area (Å²) < 4.78 is 71.6. The van der Waals surface area contributed by atoms with E-state index in [0.717, 1.165) is 23.6 Å². The molecule has 3 fully saturated rings. The van der Waals surface area contributed by atoms with Crippen molar-refractivity contribution in [3.63, 3.8) is 0 Å². The summed E-state index contributed by atoms with van der Waals surface area (Å²) in [7, 11) is -3.24. The van der Waals surface area contributed by atoms with Gasteiger partial charge in [0.2, 0.25) is 10.0 Å². The zero-order valence-corrected chi connectivity index (χ0v) is 22.4. The van der Waals surface area contributed by atoms with Crippen molar-refractivity contribution in [2.24, 2.45) is 0 Å². The molecule has 2 aromatic rings. The van der Waals surface area contributed by atoms with Crippen LogP contribution in [0.1, 0.15) is 43.4 Å². The maximum Gasteiger partial charge on any atom is 0.419 e. The third kappa shape index (κ3) is 4.83. The monoisotopic (exact) mass is 579 g/mol. The fourth-order valence-corrected chi connectivity index (χ4v) is 6.58. The Balaban J connectivity index is 1.38.